The zero-order valence-electron chi connectivity index (χ0n) is 15.1. The van der Waals surface area contributed by atoms with Crippen LogP contribution in [0.15, 0.2) is 60.7 Å². The van der Waals surface area contributed by atoms with Crippen molar-refractivity contribution in [2.24, 2.45) is 0 Å². The molecule has 0 radical (unpaired) electrons. The first kappa shape index (κ1) is 16.5. The van der Waals surface area contributed by atoms with E-state index in [0.717, 1.165) is 44.4 Å². The summed E-state index contributed by atoms with van der Waals surface area (Å²) in [6, 6.07) is 19.9. The summed E-state index contributed by atoms with van der Waals surface area (Å²) in [5, 5.41) is 14.9. The smallest absolute Gasteiger partial charge is 0.222 e. The molecule has 4 aromatic rings. The summed E-state index contributed by atoms with van der Waals surface area (Å²) in [6.45, 7) is 0.613. The van der Waals surface area contributed by atoms with Crippen molar-refractivity contribution >= 4 is 28.4 Å². The number of nitrogens with two attached hydrogens (primary N) is 2. The average molecular weight is 369 g/mol. The molecule has 1 heterocycles. The number of aliphatic hydroxyl groups excluding tert-OH is 1. The number of rotatable bonds is 3. The quantitative estimate of drug-likeness (QED) is 0.440. The molecular weight excluding hydrogens is 350 g/mol. The van der Waals surface area contributed by atoms with Gasteiger partial charge in [0, 0.05) is 17.6 Å². The maximum atomic E-state index is 10.6. The summed E-state index contributed by atoms with van der Waals surface area (Å²) in [5.74, 6) is 0.552. The first-order valence-corrected chi connectivity index (χ1v) is 9.07. The molecule has 0 bridgehead atoms. The second-order valence-corrected chi connectivity index (χ2v) is 6.96. The van der Waals surface area contributed by atoms with E-state index in [2.05, 4.69) is 21.4 Å². The van der Waals surface area contributed by atoms with E-state index in [1.165, 1.54) is 0 Å². The molecule has 3 aromatic carbocycles. The number of hydrogen-bond acceptors (Lipinski definition) is 6. The third-order valence-corrected chi connectivity index (χ3v) is 5.20. The highest BCUT2D eigenvalue weighted by atomic mass is 16.3. The molecule has 5 rings (SSSR count). The Kier molecular flexibility index (Phi) is 3.67. The van der Waals surface area contributed by atoms with Gasteiger partial charge < -0.3 is 21.9 Å². The van der Waals surface area contributed by atoms with Crippen LogP contribution in [-0.2, 0) is 6.54 Å². The standard InChI is InChI=1S/C22H19N5O/c23-21-18-9-12(5-8-19(18)26-22(24)27-21)11-25-13-6-7-15-14-3-1-2-4-16(14)20(28)17(15)10-13/h1-10,20,25,28H,11H2,(H4,23,24,26,27). The predicted molar refractivity (Wildman–Crippen MR) is 112 cm³/mol. The lowest BCUT2D eigenvalue weighted by molar-refractivity contribution is 0.225. The summed E-state index contributed by atoms with van der Waals surface area (Å²) >= 11 is 0. The fraction of sp³-hybridized carbons (Fsp3) is 0.0909. The molecule has 0 aliphatic heterocycles. The van der Waals surface area contributed by atoms with Gasteiger partial charge in [-0.1, -0.05) is 36.4 Å². The van der Waals surface area contributed by atoms with Crippen LogP contribution < -0.4 is 16.8 Å². The van der Waals surface area contributed by atoms with Gasteiger partial charge in [-0.15, -0.1) is 0 Å². The molecule has 0 spiro atoms. The molecule has 0 saturated carbocycles. The highest BCUT2D eigenvalue weighted by Gasteiger charge is 2.26. The SMILES string of the molecule is Nc1nc(N)c2cc(CNc3ccc4c(c3)C(O)c3ccccc3-4)ccc2n1. The van der Waals surface area contributed by atoms with Crippen molar-refractivity contribution in [1.29, 1.82) is 0 Å². The topological polar surface area (TPSA) is 110 Å². The Labute approximate surface area is 161 Å². The Morgan fingerprint density at radius 1 is 0.893 bits per heavy atom. The van der Waals surface area contributed by atoms with Crippen LogP contribution in [0, 0.1) is 0 Å². The van der Waals surface area contributed by atoms with Gasteiger partial charge in [-0.3, -0.25) is 0 Å². The molecule has 1 aliphatic carbocycles. The molecule has 1 aromatic heterocycles. The third-order valence-electron chi connectivity index (χ3n) is 5.20. The van der Waals surface area contributed by atoms with Gasteiger partial charge >= 0.3 is 0 Å². The number of hydrogen-bond donors (Lipinski definition) is 4. The van der Waals surface area contributed by atoms with E-state index in [0.29, 0.717) is 12.4 Å². The molecule has 0 saturated heterocycles. The minimum Gasteiger partial charge on any atom is -0.384 e. The van der Waals surface area contributed by atoms with Gasteiger partial charge in [0.2, 0.25) is 5.95 Å². The predicted octanol–water partition coefficient (Wildman–Crippen LogP) is 3.47. The number of nitrogens with zero attached hydrogens (tertiary/aromatic N) is 2. The minimum absolute atomic E-state index is 0.175. The van der Waals surface area contributed by atoms with Crippen LogP contribution in [0.4, 0.5) is 17.5 Å². The van der Waals surface area contributed by atoms with Crippen LogP contribution in [0.5, 0.6) is 0 Å². The van der Waals surface area contributed by atoms with Gasteiger partial charge in [-0.25, -0.2) is 4.98 Å². The van der Waals surface area contributed by atoms with Crippen molar-refractivity contribution in [1.82, 2.24) is 9.97 Å². The average Bonchev–Trinajstić information content (AvgIpc) is 2.99. The van der Waals surface area contributed by atoms with E-state index in [4.69, 9.17) is 11.5 Å². The molecule has 0 fully saturated rings. The first-order chi connectivity index (χ1) is 13.6. The number of nitrogen functional groups attached to an aromatic ring is 2. The zero-order chi connectivity index (χ0) is 19.3. The second kappa shape index (κ2) is 6.21. The molecule has 138 valence electrons. The highest BCUT2D eigenvalue weighted by molar-refractivity contribution is 5.89. The molecule has 1 aliphatic rings. The maximum Gasteiger partial charge on any atom is 0.222 e. The van der Waals surface area contributed by atoms with E-state index in [1.807, 2.05) is 54.6 Å². The summed E-state index contributed by atoms with van der Waals surface area (Å²) in [4.78, 5) is 8.23. The van der Waals surface area contributed by atoms with Crippen molar-refractivity contribution in [2.45, 2.75) is 12.6 Å². The van der Waals surface area contributed by atoms with Crippen molar-refractivity contribution < 1.29 is 5.11 Å². The number of nitrogens with one attached hydrogen (secondary N) is 1. The Hall–Kier alpha value is -3.64. The van der Waals surface area contributed by atoms with E-state index >= 15 is 0 Å². The van der Waals surface area contributed by atoms with Gasteiger partial charge in [-0.05, 0) is 52.1 Å². The summed E-state index contributed by atoms with van der Waals surface area (Å²) in [7, 11) is 0. The summed E-state index contributed by atoms with van der Waals surface area (Å²) in [6.07, 6.45) is -0.587. The molecular formula is C22H19N5O. The largest absolute Gasteiger partial charge is 0.384 e. The summed E-state index contributed by atoms with van der Waals surface area (Å²) in [5.41, 5.74) is 18.4. The Morgan fingerprint density at radius 2 is 1.71 bits per heavy atom. The van der Waals surface area contributed by atoms with Gasteiger partial charge in [-0.2, -0.15) is 4.98 Å². The number of anilines is 3. The van der Waals surface area contributed by atoms with Crippen LogP contribution in [0.3, 0.4) is 0 Å². The fourth-order valence-electron chi connectivity index (χ4n) is 3.82. The minimum atomic E-state index is -0.587. The second-order valence-electron chi connectivity index (χ2n) is 6.96. The van der Waals surface area contributed by atoms with Crippen molar-refractivity contribution in [3.05, 3.63) is 77.4 Å². The number of benzene rings is 3. The third kappa shape index (κ3) is 2.62. The number of fused-ring (bicyclic) bond motifs is 4. The van der Waals surface area contributed by atoms with E-state index < -0.39 is 6.10 Å². The highest BCUT2D eigenvalue weighted by Crippen LogP contribution is 2.44. The molecule has 28 heavy (non-hydrogen) atoms. The van der Waals surface area contributed by atoms with Crippen molar-refractivity contribution in [3.63, 3.8) is 0 Å². The van der Waals surface area contributed by atoms with Crippen LogP contribution in [-0.4, -0.2) is 15.1 Å². The number of aliphatic hydroxyl groups is 1. The maximum absolute atomic E-state index is 10.6. The Balaban J connectivity index is 1.40. The molecule has 1 unspecified atom stereocenters. The zero-order valence-corrected chi connectivity index (χ0v) is 15.1. The van der Waals surface area contributed by atoms with E-state index in [1.54, 1.807) is 0 Å². The molecule has 6 heteroatoms. The van der Waals surface area contributed by atoms with Crippen molar-refractivity contribution in [3.8, 4) is 11.1 Å². The van der Waals surface area contributed by atoms with Gasteiger partial charge in [0.05, 0.1) is 5.52 Å². The van der Waals surface area contributed by atoms with Crippen LogP contribution in [0.1, 0.15) is 22.8 Å². The van der Waals surface area contributed by atoms with E-state index in [-0.39, 0.29) is 5.95 Å². The summed E-state index contributed by atoms with van der Waals surface area (Å²) < 4.78 is 0. The van der Waals surface area contributed by atoms with E-state index in [9.17, 15) is 5.11 Å². The van der Waals surface area contributed by atoms with Gasteiger partial charge in [0.1, 0.15) is 11.9 Å². The lowest BCUT2D eigenvalue weighted by atomic mass is 10.1. The Bertz CT molecular complexity index is 1220. The Morgan fingerprint density at radius 3 is 2.61 bits per heavy atom. The molecule has 1 atom stereocenters. The fourth-order valence-corrected chi connectivity index (χ4v) is 3.82. The van der Waals surface area contributed by atoms with Crippen LogP contribution >= 0.6 is 0 Å². The number of aromatic nitrogens is 2. The van der Waals surface area contributed by atoms with Crippen LogP contribution in [0.25, 0.3) is 22.0 Å². The van der Waals surface area contributed by atoms with Crippen LogP contribution in [0.2, 0.25) is 0 Å². The lowest BCUT2D eigenvalue weighted by Crippen LogP contribution is -2.03. The monoisotopic (exact) mass is 369 g/mol. The molecule has 6 nitrogen and oxygen atoms in total. The molecule has 0 amide bonds. The van der Waals surface area contributed by atoms with Gasteiger partial charge in [0.25, 0.3) is 0 Å². The lowest BCUT2D eigenvalue weighted by Gasteiger charge is -2.11. The molecule has 6 N–H and O–H groups in total. The first-order valence-electron chi connectivity index (χ1n) is 9.07. The van der Waals surface area contributed by atoms with Crippen molar-refractivity contribution in [2.75, 3.05) is 16.8 Å². The van der Waals surface area contributed by atoms with Gasteiger partial charge in [0.15, 0.2) is 0 Å². The normalized spacial score (nSPS) is 14.7.